The van der Waals surface area contributed by atoms with Gasteiger partial charge in [0.1, 0.15) is 11.5 Å². The summed E-state index contributed by atoms with van der Waals surface area (Å²) in [6, 6.07) is 12.4. The molecule has 2 bridgehead atoms. The number of carbonyl (C=O) groups is 2. The monoisotopic (exact) mass is 715 g/mol. The predicted octanol–water partition coefficient (Wildman–Crippen LogP) is 7.43. The molecule has 5 atom stereocenters. The lowest BCUT2D eigenvalue weighted by atomic mass is 9.68. The Labute approximate surface area is 300 Å². The smallest absolute Gasteiger partial charge is 0.285 e. The first-order chi connectivity index (χ1) is 24.1. The average molecular weight is 716 g/mol. The van der Waals surface area contributed by atoms with Crippen molar-refractivity contribution < 1.29 is 23.3 Å². The average Bonchev–Trinajstić information content (AvgIpc) is 3.43. The van der Waals surface area contributed by atoms with E-state index in [1.54, 1.807) is 18.7 Å². The summed E-state index contributed by atoms with van der Waals surface area (Å²) in [6.45, 7) is 6.27. The van der Waals surface area contributed by atoms with Gasteiger partial charge in [0.2, 0.25) is 0 Å². The number of carbonyl (C=O) groups excluding carboxylic acids is 2. The highest BCUT2D eigenvalue weighted by Gasteiger charge is 2.44. The van der Waals surface area contributed by atoms with Crippen molar-refractivity contribution in [3.05, 3.63) is 86.9 Å². The van der Waals surface area contributed by atoms with Gasteiger partial charge in [-0.2, -0.15) is 4.36 Å². The second kappa shape index (κ2) is 14.7. The van der Waals surface area contributed by atoms with Crippen molar-refractivity contribution in [2.24, 2.45) is 16.2 Å². The van der Waals surface area contributed by atoms with Crippen LogP contribution in [0.1, 0.15) is 82.6 Å². The van der Waals surface area contributed by atoms with Crippen LogP contribution in [-0.4, -0.2) is 65.3 Å². The van der Waals surface area contributed by atoms with Crippen LogP contribution >= 0.6 is 11.3 Å². The van der Waals surface area contributed by atoms with E-state index in [2.05, 4.69) is 51.5 Å². The lowest BCUT2D eigenvalue weighted by molar-refractivity contribution is -0.116. The number of hydrogen-bond donors (Lipinski definition) is 0. The van der Waals surface area contributed by atoms with Gasteiger partial charge in [-0.15, -0.1) is 11.3 Å². The minimum Gasteiger partial charge on any atom is -0.490 e. The van der Waals surface area contributed by atoms with Crippen molar-refractivity contribution in [2.45, 2.75) is 83.2 Å². The maximum atomic E-state index is 14.4. The predicted molar refractivity (Wildman–Crippen MR) is 200 cm³/mol. The van der Waals surface area contributed by atoms with Crippen LogP contribution in [-0.2, 0) is 37.5 Å². The highest BCUT2D eigenvalue weighted by Crippen LogP contribution is 2.47. The highest BCUT2D eigenvalue weighted by molar-refractivity contribution is 7.94. The molecule has 1 unspecified atom stereocenters. The van der Waals surface area contributed by atoms with E-state index in [4.69, 9.17) is 9.47 Å². The summed E-state index contributed by atoms with van der Waals surface area (Å²) >= 11 is 1.52. The van der Waals surface area contributed by atoms with Gasteiger partial charge in [0.05, 0.1) is 45.1 Å². The van der Waals surface area contributed by atoms with Gasteiger partial charge in [-0.3, -0.25) is 9.59 Å². The van der Waals surface area contributed by atoms with Gasteiger partial charge in [0.15, 0.2) is 0 Å². The second-order valence-corrected chi connectivity index (χ2v) is 18.2. The molecule has 1 saturated carbocycles. The van der Waals surface area contributed by atoms with Crippen LogP contribution in [0.3, 0.4) is 0 Å². The summed E-state index contributed by atoms with van der Waals surface area (Å²) in [7, 11) is -1.35. The Hall–Kier alpha value is -3.34. The Morgan fingerprint density at radius 3 is 2.82 bits per heavy atom. The third kappa shape index (κ3) is 7.34. The fraction of sp³-hybridized carbons (Fsp3) is 0.525. The number of methoxy groups -OCH3 is 1. The number of thiazole rings is 1. The summed E-state index contributed by atoms with van der Waals surface area (Å²) in [5.41, 5.74) is 7.83. The molecule has 0 N–H and O–H groups in total. The molecule has 2 aliphatic carbocycles. The van der Waals surface area contributed by atoms with Crippen LogP contribution in [0.15, 0.2) is 58.4 Å². The molecule has 266 valence electrons. The molecule has 2 aromatic carbocycles. The number of ether oxygens (including phenoxy) is 2. The number of nitrogens with zero attached hydrogens (tertiary/aromatic N) is 3. The molecule has 1 amide bonds. The Morgan fingerprint density at radius 1 is 1.16 bits per heavy atom. The van der Waals surface area contributed by atoms with Crippen molar-refractivity contribution in [3.8, 4) is 5.75 Å². The van der Waals surface area contributed by atoms with E-state index < -0.39 is 15.6 Å². The number of anilines is 1. The van der Waals surface area contributed by atoms with E-state index in [1.165, 1.54) is 28.0 Å². The quantitative estimate of drug-likeness (QED) is 0.245. The molecule has 3 heterocycles. The van der Waals surface area contributed by atoms with Gasteiger partial charge in [-0.1, -0.05) is 35.9 Å². The normalized spacial score (nSPS) is 28.7. The third-order valence-electron chi connectivity index (χ3n) is 11.4. The van der Waals surface area contributed by atoms with Gasteiger partial charge >= 0.3 is 0 Å². The molecule has 1 spiro atoms. The van der Waals surface area contributed by atoms with Gasteiger partial charge in [-0.05, 0) is 106 Å². The molecular formula is C40H49N3O5S2. The molecule has 4 aliphatic rings. The van der Waals surface area contributed by atoms with E-state index in [0.717, 1.165) is 67.2 Å². The molecule has 2 aliphatic heterocycles. The Morgan fingerprint density at radius 2 is 2.04 bits per heavy atom. The van der Waals surface area contributed by atoms with E-state index in [-0.39, 0.29) is 35.2 Å². The number of ketones is 1. The first kappa shape index (κ1) is 35.1. The Bertz CT molecular complexity index is 1910. The Kier molecular flexibility index (Phi) is 10.3. The first-order valence-corrected chi connectivity index (χ1v) is 20.9. The van der Waals surface area contributed by atoms with Gasteiger partial charge in [0.25, 0.3) is 5.91 Å². The highest BCUT2D eigenvalue weighted by atomic mass is 32.2. The minimum absolute atomic E-state index is 0.00423. The number of aryl methyl sites for hydroxylation is 4. The maximum absolute atomic E-state index is 14.4. The van der Waals surface area contributed by atoms with Crippen molar-refractivity contribution in [1.82, 2.24) is 4.98 Å². The van der Waals surface area contributed by atoms with Gasteiger partial charge in [0, 0.05) is 48.2 Å². The number of benzene rings is 2. The molecule has 10 heteroatoms. The van der Waals surface area contributed by atoms with Crippen molar-refractivity contribution in [2.75, 3.05) is 43.2 Å². The van der Waals surface area contributed by atoms with Crippen LogP contribution in [0, 0.1) is 25.7 Å². The standard InChI is InChI=1S/C40H49N3O5S2/c1-27-10-15-34-29(20-27)8-7-18-40(34)24-43-22-31-11-14-33(31)36(47-3)9-5-4-6-19-50(46,23-32(44)13-17-38-28(2)41-26-49-38)42-39(45)30-12-16-37(48-25-40)35(43)21-30/h5,9-10,12,15-16,20-21,26,31,33,36H,4,6-8,11,13-14,17-19,22-25H2,1-3H3/b9-5+/t31-,33+,36-,40-,50?/m0/s1. The van der Waals surface area contributed by atoms with Crippen LogP contribution in [0.2, 0.25) is 0 Å². The molecule has 3 aromatic rings. The fourth-order valence-electron chi connectivity index (χ4n) is 8.49. The molecular weight excluding hydrogens is 667 g/mol. The minimum atomic E-state index is -3.14. The van der Waals surface area contributed by atoms with E-state index in [1.807, 2.05) is 19.1 Å². The number of rotatable bonds is 6. The molecule has 50 heavy (non-hydrogen) atoms. The van der Waals surface area contributed by atoms with Crippen LogP contribution in [0.4, 0.5) is 5.69 Å². The summed E-state index contributed by atoms with van der Waals surface area (Å²) < 4.78 is 31.5. The van der Waals surface area contributed by atoms with Gasteiger partial charge in [-0.25, -0.2) is 9.19 Å². The zero-order valence-electron chi connectivity index (χ0n) is 29.5. The molecule has 1 aromatic heterocycles. The number of Topliss-reactive ketones (excluding diaryl/α,β-unsaturated/α-hetero) is 1. The Balaban J connectivity index is 1.24. The number of hydrogen-bond acceptors (Lipinski definition) is 8. The zero-order chi connectivity index (χ0) is 34.9. The topological polar surface area (TPSA) is 98.2 Å². The van der Waals surface area contributed by atoms with Crippen molar-refractivity contribution in [3.63, 3.8) is 0 Å². The number of allylic oxidation sites excluding steroid dienone is 1. The van der Waals surface area contributed by atoms with E-state index >= 15 is 0 Å². The van der Waals surface area contributed by atoms with E-state index in [0.29, 0.717) is 43.3 Å². The third-order valence-corrected chi connectivity index (χ3v) is 14.6. The number of amides is 1. The lowest BCUT2D eigenvalue weighted by Crippen LogP contribution is -2.49. The van der Waals surface area contributed by atoms with Crippen LogP contribution in [0.25, 0.3) is 0 Å². The largest absolute Gasteiger partial charge is 0.490 e. The van der Waals surface area contributed by atoms with Crippen LogP contribution < -0.4 is 9.64 Å². The summed E-state index contributed by atoms with van der Waals surface area (Å²) in [5, 5.41) is 0. The molecule has 1 fully saturated rings. The van der Waals surface area contributed by atoms with Crippen LogP contribution in [0.5, 0.6) is 5.75 Å². The molecule has 0 saturated heterocycles. The molecule has 7 rings (SSSR count). The second-order valence-electron chi connectivity index (χ2n) is 14.8. The maximum Gasteiger partial charge on any atom is 0.285 e. The SMILES string of the molecule is CO[C@H]1/C=C/CCCS(=O)(CC(=O)CCc2scnc2C)=NC(=O)c2ccc3c(c2)N(C[C@@H]2CC[C@H]21)C[C@@]1(CCCc2cc(C)ccc21)CO3. The van der Waals surface area contributed by atoms with Crippen molar-refractivity contribution in [1.29, 1.82) is 0 Å². The molecule has 0 radical (unpaired) electrons. The fourth-order valence-corrected chi connectivity index (χ4v) is 11.2. The zero-order valence-corrected chi connectivity index (χ0v) is 31.2. The number of aromatic nitrogens is 1. The number of fused-ring (bicyclic) bond motifs is 4. The summed E-state index contributed by atoms with van der Waals surface area (Å²) in [6.07, 6.45) is 11.7. The lowest BCUT2D eigenvalue weighted by Gasteiger charge is -2.46. The summed E-state index contributed by atoms with van der Waals surface area (Å²) in [4.78, 5) is 34.9. The first-order valence-electron chi connectivity index (χ1n) is 18.1. The summed E-state index contributed by atoms with van der Waals surface area (Å²) in [5.74, 6) is 0.847. The van der Waals surface area contributed by atoms with Crippen molar-refractivity contribution >= 4 is 38.4 Å². The van der Waals surface area contributed by atoms with E-state index in [9.17, 15) is 13.8 Å². The van der Waals surface area contributed by atoms with Gasteiger partial charge < -0.3 is 14.4 Å². The molecule has 8 nitrogen and oxygen atoms in total.